The Labute approximate surface area is 179 Å². The maximum Gasteiger partial charge on any atom is 0.342 e. The fraction of sp³-hybridized carbons (Fsp3) is 0.0909. The Bertz CT molecular complexity index is 1180. The molecule has 3 N–H and O–H groups in total. The second-order valence-electron chi connectivity index (χ2n) is 6.52. The molecule has 1 unspecified atom stereocenters. The van der Waals surface area contributed by atoms with E-state index < -0.39 is 28.0 Å². The first kappa shape index (κ1) is 22.0. The quantitative estimate of drug-likeness (QED) is 0.543. The standard InChI is InChI=1S/C22H20N2O6S/c1-15(21(25)24-16-11-13-18(14-12-16)31(23,27)28)29-22(26)19-9-5-6-10-20(19)30-17-7-3-2-4-8-17/h2-15H,1H3,(H,24,25)(H2,23,27,28). The van der Waals surface area contributed by atoms with E-state index in [9.17, 15) is 18.0 Å². The van der Waals surface area contributed by atoms with E-state index in [-0.39, 0.29) is 10.5 Å². The first-order valence-electron chi connectivity index (χ1n) is 9.20. The summed E-state index contributed by atoms with van der Waals surface area (Å²) in [5.41, 5.74) is 0.497. The van der Waals surface area contributed by atoms with E-state index in [1.165, 1.54) is 37.3 Å². The van der Waals surface area contributed by atoms with Gasteiger partial charge in [-0.25, -0.2) is 18.4 Å². The van der Waals surface area contributed by atoms with Gasteiger partial charge in [-0.2, -0.15) is 0 Å². The van der Waals surface area contributed by atoms with Crippen LogP contribution in [0.15, 0.2) is 83.8 Å². The molecule has 3 aromatic rings. The first-order valence-corrected chi connectivity index (χ1v) is 10.8. The number of carbonyl (C=O) groups excluding carboxylic acids is 2. The number of ether oxygens (including phenoxy) is 2. The second-order valence-corrected chi connectivity index (χ2v) is 8.08. The van der Waals surface area contributed by atoms with Crippen molar-refractivity contribution in [3.05, 3.63) is 84.4 Å². The van der Waals surface area contributed by atoms with E-state index >= 15 is 0 Å². The maximum absolute atomic E-state index is 12.6. The van der Waals surface area contributed by atoms with Crippen molar-refractivity contribution in [1.29, 1.82) is 0 Å². The summed E-state index contributed by atoms with van der Waals surface area (Å²) >= 11 is 0. The molecule has 0 aliphatic rings. The van der Waals surface area contributed by atoms with E-state index in [1.54, 1.807) is 42.5 Å². The lowest BCUT2D eigenvalue weighted by atomic mass is 10.2. The number of anilines is 1. The number of rotatable bonds is 7. The van der Waals surface area contributed by atoms with Crippen molar-refractivity contribution in [2.24, 2.45) is 5.14 Å². The average molecular weight is 440 g/mol. The molecule has 9 heteroatoms. The van der Waals surface area contributed by atoms with Crippen LogP contribution < -0.4 is 15.2 Å². The molecule has 3 rings (SSSR count). The van der Waals surface area contributed by atoms with Gasteiger partial charge >= 0.3 is 5.97 Å². The topological polar surface area (TPSA) is 125 Å². The minimum Gasteiger partial charge on any atom is -0.456 e. The van der Waals surface area contributed by atoms with Crippen LogP contribution in [0.4, 0.5) is 5.69 Å². The van der Waals surface area contributed by atoms with Crippen LogP contribution in [0.5, 0.6) is 11.5 Å². The third-order valence-electron chi connectivity index (χ3n) is 4.18. The minimum atomic E-state index is -3.83. The Kier molecular flexibility index (Phi) is 6.68. The zero-order valence-corrected chi connectivity index (χ0v) is 17.3. The number of esters is 1. The lowest BCUT2D eigenvalue weighted by Gasteiger charge is -2.15. The maximum atomic E-state index is 12.6. The summed E-state index contributed by atoms with van der Waals surface area (Å²) in [5, 5.41) is 7.59. The lowest BCUT2D eigenvalue weighted by molar-refractivity contribution is -0.123. The highest BCUT2D eigenvalue weighted by molar-refractivity contribution is 7.89. The number of primary sulfonamides is 1. The van der Waals surface area contributed by atoms with Crippen LogP contribution in [0, 0.1) is 0 Å². The van der Waals surface area contributed by atoms with Gasteiger partial charge in [0, 0.05) is 5.69 Å². The normalized spacial score (nSPS) is 11.9. The van der Waals surface area contributed by atoms with Crippen LogP contribution in [0.2, 0.25) is 0 Å². The van der Waals surface area contributed by atoms with Gasteiger partial charge in [0.05, 0.1) is 4.90 Å². The van der Waals surface area contributed by atoms with Gasteiger partial charge in [0.1, 0.15) is 17.1 Å². The molecule has 0 heterocycles. The smallest absolute Gasteiger partial charge is 0.342 e. The van der Waals surface area contributed by atoms with Crippen molar-refractivity contribution in [2.75, 3.05) is 5.32 Å². The number of benzene rings is 3. The molecule has 0 saturated heterocycles. The first-order chi connectivity index (χ1) is 14.7. The highest BCUT2D eigenvalue weighted by Gasteiger charge is 2.22. The molecular weight excluding hydrogens is 420 g/mol. The molecule has 1 atom stereocenters. The fourth-order valence-electron chi connectivity index (χ4n) is 2.59. The van der Waals surface area contributed by atoms with Gasteiger partial charge in [-0.05, 0) is 55.5 Å². The molecule has 3 aromatic carbocycles. The molecule has 0 aromatic heterocycles. The van der Waals surface area contributed by atoms with Crippen molar-refractivity contribution in [1.82, 2.24) is 0 Å². The Morgan fingerprint density at radius 1 is 0.903 bits per heavy atom. The van der Waals surface area contributed by atoms with Crippen LogP contribution in [-0.4, -0.2) is 26.4 Å². The molecule has 0 aliphatic heterocycles. The predicted molar refractivity (Wildman–Crippen MR) is 114 cm³/mol. The molecule has 0 bridgehead atoms. The van der Waals surface area contributed by atoms with Crippen LogP contribution in [0.3, 0.4) is 0 Å². The van der Waals surface area contributed by atoms with Crippen molar-refractivity contribution in [3.8, 4) is 11.5 Å². The monoisotopic (exact) mass is 440 g/mol. The van der Waals surface area contributed by atoms with Crippen LogP contribution >= 0.6 is 0 Å². The highest BCUT2D eigenvalue weighted by atomic mass is 32.2. The number of amides is 1. The number of sulfonamides is 1. The molecular formula is C22H20N2O6S. The van der Waals surface area contributed by atoms with Crippen LogP contribution in [0.25, 0.3) is 0 Å². The number of para-hydroxylation sites is 2. The summed E-state index contributed by atoms with van der Waals surface area (Å²) in [6, 6.07) is 20.8. The fourth-order valence-corrected chi connectivity index (χ4v) is 3.10. The summed E-state index contributed by atoms with van der Waals surface area (Å²) in [6.07, 6.45) is -1.12. The van der Waals surface area contributed by atoms with Crippen molar-refractivity contribution in [3.63, 3.8) is 0 Å². The van der Waals surface area contributed by atoms with E-state index in [0.29, 0.717) is 17.2 Å². The summed E-state index contributed by atoms with van der Waals surface area (Å²) in [6.45, 7) is 1.42. The van der Waals surface area contributed by atoms with Crippen molar-refractivity contribution in [2.45, 2.75) is 17.9 Å². The summed E-state index contributed by atoms with van der Waals surface area (Å²) in [5.74, 6) is -0.460. The van der Waals surface area contributed by atoms with Crippen molar-refractivity contribution < 1.29 is 27.5 Å². The molecule has 160 valence electrons. The van der Waals surface area contributed by atoms with Gasteiger partial charge in [0.15, 0.2) is 6.10 Å². The van der Waals surface area contributed by atoms with E-state index in [0.717, 1.165) is 0 Å². The largest absolute Gasteiger partial charge is 0.456 e. The zero-order valence-electron chi connectivity index (χ0n) is 16.5. The van der Waals surface area contributed by atoms with Crippen LogP contribution in [0.1, 0.15) is 17.3 Å². The van der Waals surface area contributed by atoms with E-state index in [4.69, 9.17) is 14.6 Å². The zero-order chi connectivity index (χ0) is 22.4. The van der Waals surface area contributed by atoms with Gasteiger partial charge in [0.25, 0.3) is 5.91 Å². The van der Waals surface area contributed by atoms with Gasteiger partial charge in [-0.15, -0.1) is 0 Å². The van der Waals surface area contributed by atoms with Gasteiger partial charge < -0.3 is 14.8 Å². The minimum absolute atomic E-state index is 0.0833. The number of hydrogen-bond acceptors (Lipinski definition) is 6. The summed E-state index contributed by atoms with van der Waals surface area (Å²) < 4.78 is 33.6. The molecule has 0 aliphatic carbocycles. The van der Waals surface area contributed by atoms with Crippen LogP contribution in [-0.2, 0) is 19.6 Å². The molecule has 0 radical (unpaired) electrons. The summed E-state index contributed by atoms with van der Waals surface area (Å²) in [4.78, 5) is 24.9. The molecule has 8 nitrogen and oxygen atoms in total. The second kappa shape index (κ2) is 9.41. The summed E-state index contributed by atoms with van der Waals surface area (Å²) in [7, 11) is -3.83. The molecule has 31 heavy (non-hydrogen) atoms. The molecule has 0 spiro atoms. The highest BCUT2D eigenvalue weighted by Crippen LogP contribution is 2.26. The SMILES string of the molecule is CC(OC(=O)c1ccccc1Oc1ccccc1)C(=O)Nc1ccc(S(N)(=O)=O)cc1. The number of nitrogens with two attached hydrogens (primary N) is 1. The van der Waals surface area contributed by atoms with Gasteiger partial charge in [-0.3, -0.25) is 4.79 Å². The Morgan fingerprint density at radius 3 is 2.16 bits per heavy atom. The Balaban J connectivity index is 1.66. The average Bonchev–Trinajstić information content (AvgIpc) is 2.74. The van der Waals surface area contributed by atoms with E-state index in [2.05, 4.69) is 5.32 Å². The Hall–Kier alpha value is -3.69. The molecule has 0 fully saturated rings. The number of nitrogens with one attached hydrogen (secondary N) is 1. The lowest BCUT2D eigenvalue weighted by Crippen LogP contribution is -2.30. The molecule has 0 saturated carbocycles. The number of carbonyl (C=O) groups is 2. The third kappa shape index (κ3) is 5.91. The van der Waals surface area contributed by atoms with E-state index in [1.807, 2.05) is 6.07 Å². The van der Waals surface area contributed by atoms with Gasteiger partial charge in [-0.1, -0.05) is 30.3 Å². The van der Waals surface area contributed by atoms with Gasteiger partial charge in [0.2, 0.25) is 10.0 Å². The third-order valence-corrected chi connectivity index (χ3v) is 5.11. The molecule has 1 amide bonds. The number of hydrogen-bond donors (Lipinski definition) is 2. The van der Waals surface area contributed by atoms with Crippen molar-refractivity contribution >= 4 is 27.6 Å². The predicted octanol–water partition coefficient (Wildman–Crippen LogP) is 3.31. The Morgan fingerprint density at radius 2 is 1.52 bits per heavy atom.